The van der Waals surface area contributed by atoms with Crippen LogP contribution in [0.25, 0.3) is 11.0 Å². The summed E-state index contributed by atoms with van der Waals surface area (Å²) in [5.41, 5.74) is 0.921. The van der Waals surface area contributed by atoms with E-state index in [2.05, 4.69) is 20.3 Å². The van der Waals surface area contributed by atoms with Crippen LogP contribution in [-0.4, -0.2) is 51.9 Å². The van der Waals surface area contributed by atoms with Gasteiger partial charge in [0.05, 0.1) is 10.6 Å². The van der Waals surface area contributed by atoms with Crippen LogP contribution in [0.2, 0.25) is 6.04 Å². The number of hydrogen-bond acceptors (Lipinski definition) is 9. The van der Waals surface area contributed by atoms with Crippen molar-refractivity contribution in [2.24, 2.45) is 0 Å². The number of non-ortho nitro benzene ring substituents is 1. The highest BCUT2D eigenvalue weighted by atomic mass is 28.4. The minimum absolute atomic E-state index is 0.120. The minimum Gasteiger partial charge on any atom is -0.383 e. The summed E-state index contributed by atoms with van der Waals surface area (Å²) in [6, 6.07) is 3.59. The fourth-order valence-electron chi connectivity index (χ4n) is 2.23. The van der Waals surface area contributed by atoms with Gasteiger partial charge in [-0.25, -0.2) is 4.63 Å². The zero-order chi connectivity index (χ0) is 16.9. The second kappa shape index (κ2) is 7.46. The lowest BCUT2D eigenvalue weighted by molar-refractivity contribution is -0.383. The summed E-state index contributed by atoms with van der Waals surface area (Å²) in [4.78, 5) is 10.4. The molecule has 1 aromatic carbocycles. The molecule has 0 bridgehead atoms. The zero-order valence-corrected chi connectivity index (χ0v) is 14.1. The molecule has 1 heterocycles. The molecule has 1 aromatic heterocycles. The van der Waals surface area contributed by atoms with E-state index in [1.165, 1.54) is 6.07 Å². The molecule has 11 heteroatoms. The maximum absolute atomic E-state index is 10.9. The van der Waals surface area contributed by atoms with Crippen LogP contribution in [-0.2, 0) is 13.3 Å². The van der Waals surface area contributed by atoms with Crippen LogP contribution in [0.15, 0.2) is 16.8 Å². The number of benzene rings is 1. The lowest BCUT2D eigenvalue weighted by atomic mass is 10.2. The number of nitrogens with zero attached hydrogens (tertiary/aromatic N) is 3. The van der Waals surface area contributed by atoms with E-state index in [0.717, 1.165) is 6.42 Å². The van der Waals surface area contributed by atoms with E-state index >= 15 is 0 Å². The van der Waals surface area contributed by atoms with Gasteiger partial charge in [-0.3, -0.25) is 10.1 Å². The van der Waals surface area contributed by atoms with Crippen molar-refractivity contribution < 1.29 is 22.8 Å². The molecule has 0 amide bonds. The van der Waals surface area contributed by atoms with Gasteiger partial charge in [0.1, 0.15) is 0 Å². The maximum Gasteiger partial charge on any atom is 0.500 e. The molecule has 0 radical (unpaired) electrons. The maximum atomic E-state index is 10.9. The Morgan fingerprint density at radius 3 is 2.48 bits per heavy atom. The number of rotatable bonds is 9. The first-order valence-electron chi connectivity index (χ1n) is 6.86. The largest absolute Gasteiger partial charge is 0.500 e. The van der Waals surface area contributed by atoms with E-state index in [-0.39, 0.29) is 11.2 Å². The molecule has 23 heavy (non-hydrogen) atoms. The minimum atomic E-state index is -2.60. The fraction of sp³-hybridized carbons (Fsp3) is 0.500. The summed E-state index contributed by atoms with van der Waals surface area (Å²) >= 11 is 0. The average molecular weight is 342 g/mol. The van der Waals surface area contributed by atoms with Crippen molar-refractivity contribution in [2.45, 2.75) is 12.5 Å². The molecule has 0 saturated carbocycles. The Kier molecular flexibility index (Phi) is 5.60. The van der Waals surface area contributed by atoms with Crippen molar-refractivity contribution in [3.8, 4) is 0 Å². The highest BCUT2D eigenvalue weighted by molar-refractivity contribution is 6.60. The Balaban J connectivity index is 2.02. The van der Waals surface area contributed by atoms with Crippen molar-refractivity contribution in [2.75, 3.05) is 33.2 Å². The topological polar surface area (TPSA) is 122 Å². The van der Waals surface area contributed by atoms with Crippen molar-refractivity contribution in [3.05, 3.63) is 22.2 Å². The zero-order valence-electron chi connectivity index (χ0n) is 13.1. The van der Waals surface area contributed by atoms with Crippen LogP contribution in [0, 0.1) is 10.1 Å². The summed E-state index contributed by atoms with van der Waals surface area (Å²) in [6.07, 6.45) is 0.728. The molecule has 0 spiro atoms. The van der Waals surface area contributed by atoms with Gasteiger partial charge in [0.25, 0.3) is 0 Å². The van der Waals surface area contributed by atoms with Gasteiger partial charge in [0.2, 0.25) is 5.52 Å². The SMILES string of the molecule is CO[Si](CCCNc1ccc([N+](=O)[O-])c2nonc12)(OC)OC. The monoisotopic (exact) mass is 342 g/mol. The van der Waals surface area contributed by atoms with Gasteiger partial charge in [0, 0.05) is 40.0 Å². The number of anilines is 1. The molecule has 0 aliphatic carbocycles. The van der Waals surface area contributed by atoms with E-state index in [9.17, 15) is 10.1 Å². The van der Waals surface area contributed by atoms with E-state index in [0.29, 0.717) is 23.8 Å². The second-order valence-corrected chi connectivity index (χ2v) is 7.77. The van der Waals surface area contributed by atoms with Crippen LogP contribution in [0.1, 0.15) is 6.42 Å². The average Bonchev–Trinajstić information content (AvgIpc) is 3.05. The molecule has 0 unspecified atom stereocenters. The predicted octanol–water partition coefficient (Wildman–Crippen LogP) is 1.81. The van der Waals surface area contributed by atoms with Gasteiger partial charge in [-0.2, -0.15) is 0 Å². The van der Waals surface area contributed by atoms with E-state index in [1.54, 1.807) is 27.4 Å². The van der Waals surface area contributed by atoms with Crippen molar-refractivity contribution in [1.29, 1.82) is 0 Å². The molecule has 0 atom stereocenters. The van der Waals surface area contributed by atoms with Gasteiger partial charge in [-0.1, -0.05) is 0 Å². The summed E-state index contributed by atoms with van der Waals surface area (Å²) in [5, 5.41) is 21.4. The molecule has 0 aliphatic rings. The third kappa shape index (κ3) is 3.64. The van der Waals surface area contributed by atoms with E-state index < -0.39 is 13.7 Å². The lowest BCUT2D eigenvalue weighted by Crippen LogP contribution is -2.42. The van der Waals surface area contributed by atoms with Crippen LogP contribution in [0.4, 0.5) is 11.4 Å². The molecule has 126 valence electrons. The Hall–Kier alpha value is -2.08. The van der Waals surface area contributed by atoms with E-state index in [4.69, 9.17) is 13.3 Å². The number of fused-ring (bicyclic) bond motifs is 1. The first-order valence-corrected chi connectivity index (χ1v) is 8.79. The Morgan fingerprint density at radius 1 is 1.22 bits per heavy atom. The summed E-state index contributed by atoms with van der Waals surface area (Å²) < 4.78 is 20.6. The van der Waals surface area contributed by atoms with Crippen LogP contribution in [0.3, 0.4) is 0 Å². The van der Waals surface area contributed by atoms with Crippen molar-refractivity contribution >= 4 is 31.2 Å². The quantitative estimate of drug-likeness (QED) is 0.314. The molecule has 10 nitrogen and oxygen atoms in total. The Morgan fingerprint density at radius 2 is 1.87 bits per heavy atom. The van der Waals surface area contributed by atoms with Gasteiger partial charge in [-0.15, -0.1) is 0 Å². The van der Waals surface area contributed by atoms with Gasteiger partial charge in [0.15, 0.2) is 5.52 Å². The molecule has 2 rings (SSSR count). The number of aromatic nitrogens is 2. The highest BCUT2D eigenvalue weighted by Crippen LogP contribution is 2.28. The molecule has 0 fully saturated rings. The second-order valence-electron chi connectivity index (χ2n) is 4.68. The highest BCUT2D eigenvalue weighted by Gasteiger charge is 2.36. The van der Waals surface area contributed by atoms with Crippen LogP contribution in [0.5, 0.6) is 0 Å². The molecule has 0 saturated heterocycles. The van der Waals surface area contributed by atoms with Gasteiger partial charge >= 0.3 is 14.5 Å². The first kappa shape index (κ1) is 17.3. The van der Waals surface area contributed by atoms with Gasteiger partial charge < -0.3 is 18.6 Å². The summed E-state index contributed by atoms with van der Waals surface area (Å²) in [6.45, 7) is 0.588. The number of nitro benzene ring substituents is 1. The summed E-state index contributed by atoms with van der Waals surface area (Å²) in [5.74, 6) is 0. The number of nitro groups is 1. The summed E-state index contributed by atoms with van der Waals surface area (Å²) in [7, 11) is 2.09. The number of nitrogens with one attached hydrogen (secondary N) is 1. The number of hydrogen-bond donors (Lipinski definition) is 1. The van der Waals surface area contributed by atoms with Crippen LogP contribution < -0.4 is 5.32 Å². The fourth-order valence-corrected chi connectivity index (χ4v) is 3.95. The van der Waals surface area contributed by atoms with Crippen LogP contribution >= 0.6 is 0 Å². The molecule has 2 aromatic rings. The lowest BCUT2D eigenvalue weighted by Gasteiger charge is -2.24. The molecular formula is C12H18N4O6Si. The van der Waals surface area contributed by atoms with E-state index in [1.807, 2.05) is 0 Å². The normalized spacial score (nSPS) is 11.8. The molecule has 1 N–H and O–H groups in total. The van der Waals surface area contributed by atoms with Crippen molar-refractivity contribution in [1.82, 2.24) is 10.3 Å². The molecule has 0 aliphatic heterocycles. The Bertz CT molecular complexity index is 666. The molecular weight excluding hydrogens is 324 g/mol. The third-order valence-corrected chi connectivity index (χ3v) is 6.33. The van der Waals surface area contributed by atoms with Gasteiger partial charge in [-0.05, 0) is 22.8 Å². The Labute approximate surface area is 133 Å². The predicted molar refractivity (Wildman–Crippen MR) is 83.2 cm³/mol. The van der Waals surface area contributed by atoms with Crippen molar-refractivity contribution in [3.63, 3.8) is 0 Å². The third-order valence-electron chi connectivity index (χ3n) is 3.50. The smallest absolute Gasteiger partial charge is 0.383 e. The first-order chi connectivity index (χ1) is 11.1. The standard InChI is InChI=1S/C12H18N4O6Si/c1-19-23(20-2,21-3)8-4-7-13-9-5-6-10(16(17)18)12-11(9)14-22-15-12/h5-6,13H,4,7-8H2,1-3H3.